The minimum absolute atomic E-state index is 0.00217. The molecule has 2 heterocycles. The lowest BCUT2D eigenvalue weighted by Crippen LogP contribution is -2.29. The molecule has 0 bridgehead atoms. The molecule has 36 heavy (non-hydrogen) atoms. The maximum atomic E-state index is 12.9. The Morgan fingerprint density at radius 3 is 2.42 bits per heavy atom. The molecule has 1 aromatic heterocycles. The molecule has 1 N–H and O–H groups in total. The van der Waals surface area contributed by atoms with Gasteiger partial charge in [-0.15, -0.1) is 0 Å². The fourth-order valence-corrected chi connectivity index (χ4v) is 3.90. The number of piperidine rings is 1. The number of nitrogens with one attached hydrogen (secondary N) is 1. The Bertz CT molecular complexity index is 1340. The first kappa shape index (κ1) is 24.4. The maximum absolute atomic E-state index is 12.9. The first-order valence-electron chi connectivity index (χ1n) is 11.5. The lowest BCUT2D eigenvalue weighted by molar-refractivity contribution is -0.385. The van der Waals surface area contributed by atoms with Crippen molar-refractivity contribution in [2.75, 3.05) is 30.4 Å². The number of hydrogen-bond donors (Lipinski definition) is 1. The summed E-state index contributed by atoms with van der Waals surface area (Å²) in [6.07, 6.45) is 4.71. The van der Waals surface area contributed by atoms with Crippen LogP contribution in [0.25, 0.3) is 0 Å². The van der Waals surface area contributed by atoms with Crippen LogP contribution in [0.1, 0.15) is 51.2 Å². The second kappa shape index (κ2) is 11.1. The number of methoxy groups -OCH3 is 1. The van der Waals surface area contributed by atoms with E-state index in [2.05, 4.69) is 31.8 Å². The van der Waals surface area contributed by atoms with Crippen molar-refractivity contribution in [1.82, 2.24) is 4.98 Å². The van der Waals surface area contributed by atoms with E-state index in [0.717, 1.165) is 38.0 Å². The number of amides is 1. The van der Waals surface area contributed by atoms with Gasteiger partial charge in [0.05, 0.1) is 29.5 Å². The second-order valence-electron chi connectivity index (χ2n) is 8.21. The minimum atomic E-state index is -0.577. The monoisotopic (exact) mass is 484 g/mol. The summed E-state index contributed by atoms with van der Waals surface area (Å²) in [5, 5.41) is 14.2. The fourth-order valence-electron chi connectivity index (χ4n) is 3.90. The maximum Gasteiger partial charge on any atom is 0.337 e. The summed E-state index contributed by atoms with van der Waals surface area (Å²) in [7, 11) is 1.32. The molecule has 0 radical (unpaired) electrons. The smallest absolute Gasteiger partial charge is 0.337 e. The van der Waals surface area contributed by atoms with Crippen LogP contribution < -0.4 is 10.2 Å². The average molecular weight is 485 g/mol. The topological polar surface area (TPSA) is 115 Å². The standard InChI is InChI=1S/C27H24N4O5/c1-36-27(33)20-8-5-19(6-9-20)7-10-21-11-12-22(18-28-21)29-26(32)24-17-23(13-14-25(24)31(34)35)30-15-3-2-4-16-30/h5-6,8-9,11-14,17-18H,2-4,15-16H2,1H3,(H,29,32). The van der Waals surface area contributed by atoms with Crippen LogP contribution in [0.3, 0.4) is 0 Å². The number of anilines is 2. The van der Waals surface area contributed by atoms with Crippen LogP contribution in [0, 0.1) is 22.0 Å². The molecule has 0 spiro atoms. The molecule has 9 nitrogen and oxygen atoms in total. The van der Waals surface area contributed by atoms with Crippen LogP contribution in [0.5, 0.6) is 0 Å². The van der Waals surface area contributed by atoms with E-state index in [0.29, 0.717) is 22.5 Å². The van der Waals surface area contributed by atoms with E-state index in [4.69, 9.17) is 0 Å². The second-order valence-corrected chi connectivity index (χ2v) is 8.21. The number of hydrogen-bond acceptors (Lipinski definition) is 7. The third-order valence-electron chi connectivity index (χ3n) is 5.80. The third-order valence-corrected chi connectivity index (χ3v) is 5.80. The predicted octanol–water partition coefficient (Wildman–Crippen LogP) is 4.42. The molecular weight excluding hydrogens is 460 g/mol. The van der Waals surface area contributed by atoms with Crippen LogP contribution in [-0.2, 0) is 4.74 Å². The van der Waals surface area contributed by atoms with Crippen molar-refractivity contribution in [1.29, 1.82) is 0 Å². The number of rotatable bonds is 5. The molecule has 0 atom stereocenters. The molecule has 1 amide bonds. The molecule has 3 aromatic rings. The van der Waals surface area contributed by atoms with Crippen LogP contribution in [0.2, 0.25) is 0 Å². The van der Waals surface area contributed by atoms with Crippen molar-refractivity contribution in [3.05, 3.63) is 93.3 Å². The summed E-state index contributed by atoms with van der Waals surface area (Å²) in [4.78, 5) is 41.8. The number of aromatic nitrogens is 1. The Balaban J connectivity index is 1.47. The fraction of sp³-hybridized carbons (Fsp3) is 0.222. The van der Waals surface area contributed by atoms with Gasteiger partial charge in [-0.1, -0.05) is 5.92 Å². The van der Waals surface area contributed by atoms with E-state index in [1.807, 2.05) is 0 Å². The largest absolute Gasteiger partial charge is 0.465 e. The Morgan fingerprint density at radius 1 is 1.03 bits per heavy atom. The lowest BCUT2D eigenvalue weighted by atomic mass is 10.1. The molecule has 2 aromatic carbocycles. The summed E-state index contributed by atoms with van der Waals surface area (Å²) in [6.45, 7) is 1.72. The number of ether oxygens (including phenoxy) is 1. The Hall–Kier alpha value is -4.71. The number of esters is 1. The van der Waals surface area contributed by atoms with Crippen molar-refractivity contribution < 1.29 is 19.2 Å². The van der Waals surface area contributed by atoms with Gasteiger partial charge in [0.15, 0.2) is 0 Å². The molecule has 9 heteroatoms. The quantitative estimate of drug-likeness (QED) is 0.247. The first-order valence-corrected chi connectivity index (χ1v) is 11.5. The molecule has 1 fully saturated rings. The number of nitrogens with zero attached hydrogens (tertiary/aromatic N) is 3. The minimum Gasteiger partial charge on any atom is -0.465 e. The zero-order chi connectivity index (χ0) is 25.5. The van der Waals surface area contributed by atoms with Gasteiger partial charge in [-0.25, -0.2) is 9.78 Å². The number of carbonyl (C=O) groups excluding carboxylic acids is 2. The van der Waals surface area contributed by atoms with Crippen molar-refractivity contribution in [3.8, 4) is 11.8 Å². The van der Waals surface area contributed by atoms with Crippen molar-refractivity contribution >= 4 is 28.9 Å². The van der Waals surface area contributed by atoms with Crippen LogP contribution in [0.15, 0.2) is 60.8 Å². The number of carbonyl (C=O) groups is 2. The molecule has 0 unspecified atom stereocenters. The number of nitro benzene ring substituents is 1. The number of nitro groups is 1. The van der Waals surface area contributed by atoms with Gasteiger partial charge in [0.1, 0.15) is 11.3 Å². The average Bonchev–Trinajstić information content (AvgIpc) is 2.92. The number of benzene rings is 2. The molecule has 1 saturated heterocycles. The predicted molar refractivity (Wildman–Crippen MR) is 135 cm³/mol. The van der Waals surface area contributed by atoms with E-state index in [-0.39, 0.29) is 11.3 Å². The van der Waals surface area contributed by atoms with Gasteiger partial charge in [-0.2, -0.15) is 0 Å². The van der Waals surface area contributed by atoms with Crippen LogP contribution in [-0.4, -0.2) is 42.0 Å². The molecule has 1 aliphatic heterocycles. The SMILES string of the molecule is COC(=O)c1ccc(C#Cc2ccc(NC(=O)c3cc(N4CCCCC4)ccc3[N+](=O)[O-])cn2)cc1. The van der Waals surface area contributed by atoms with Gasteiger partial charge in [0.25, 0.3) is 11.6 Å². The Morgan fingerprint density at radius 2 is 1.78 bits per heavy atom. The van der Waals surface area contributed by atoms with E-state index in [9.17, 15) is 19.7 Å². The summed E-state index contributed by atoms with van der Waals surface area (Å²) in [5.74, 6) is 4.88. The van der Waals surface area contributed by atoms with Crippen molar-refractivity contribution in [2.24, 2.45) is 0 Å². The molecular formula is C27H24N4O5. The van der Waals surface area contributed by atoms with Crippen molar-refractivity contribution in [3.63, 3.8) is 0 Å². The lowest BCUT2D eigenvalue weighted by Gasteiger charge is -2.29. The van der Waals surface area contributed by atoms with Gasteiger partial charge in [0.2, 0.25) is 0 Å². The van der Waals surface area contributed by atoms with Crippen LogP contribution in [0.4, 0.5) is 17.1 Å². The summed E-state index contributed by atoms with van der Waals surface area (Å²) in [5.41, 5.74) is 2.55. The normalized spacial score (nSPS) is 12.8. The summed E-state index contributed by atoms with van der Waals surface area (Å²) >= 11 is 0. The van der Waals surface area contributed by atoms with Gasteiger partial charge in [0, 0.05) is 30.4 Å². The van der Waals surface area contributed by atoms with Crippen molar-refractivity contribution in [2.45, 2.75) is 19.3 Å². The number of pyridine rings is 1. The third kappa shape index (κ3) is 5.85. The Kier molecular flexibility index (Phi) is 7.56. The van der Waals surface area contributed by atoms with E-state index in [1.165, 1.54) is 19.4 Å². The molecule has 182 valence electrons. The van der Waals surface area contributed by atoms with E-state index in [1.54, 1.807) is 48.5 Å². The zero-order valence-corrected chi connectivity index (χ0v) is 19.7. The van der Waals surface area contributed by atoms with Gasteiger partial charge in [-0.05, 0) is 73.7 Å². The molecule has 0 aliphatic carbocycles. The highest BCUT2D eigenvalue weighted by Gasteiger charge is 2.23. The van der Waals surface area contributed by atoms with Gasteiger partial charge >= 0.3 is 5.97 Å². The highest BCUT2D eigenvalue weighted by atomic mass is 16.6. The van der Waals surface area contributed by atoms with E-state index >= 15 is 0 Å². The van der Waals surface area contributed by atoms with E-state index < -0.39 is 16.8 Å². The first-order chi connectivity index (χ1) is 17.4. The highest BCUT2D eigenvalue weighted by molar-refractivity contribution is 6.07. The zero-order valence-electron chi connectivity index (χ0n) is 19.7. The van der Waals surface area contributed by atoms with Gasteiger partial charge in [-0.3, -0.25) is 14.9 Å². The molecule has 1 aliphatic rings. The Labute approximate surface area is 208 Å². The highest BCUT2D eigenvalue weighted by Crippen LogP contribution is 2.28. The summed E-state index contributed by atoms with van der Waals surface area (Å²) in [6, 6.07) is 14.6. The van der Waals surface area contributed by atoms with Crippen LogP contribution >= 0.6 is 0 Å². The molecule has 4 rings (SSSR count). The summed E-state index contributed by atoms with van der Waals surface area (Å²) < 4.78 is 4.67. The molecule has 0 saturated carbocycles. The van der Waals surface area contributed by atoms with Gasteiger partial charge < -0.3 is 15.0 Å².